The van der Waals surface area contributed by atoms with Crippen LogP contribution in [-0.2, 0) is 17.1 Å². The zero-order valence-corrected chi connectivity index (χ0v) is 35.1. The monoisotopic (exact) mass is 982 g/mol. The normalized spacial score (nSPS) is 12.0. The van der Waals surface area contributed by atoms with Gasteiger partial charge < -0.3 is 9.97 Å². The molecule has 0 unspecified atom stereocenters. The zero-order valence-electron chi connectivity index (χ0n) is 27.6. The van der Waals surface area contributed by atoms with E-state index in [-0.39, 0.29) is 17.1 Å². The van der Waals surface area contributed by atoms with Crippen LogP contribution in [0.3, 0.4) is 0 Å². The van der Waals surface area contributed by atoms with Gasteiger partial charge in [0.1, 0.15) is 0 Å². The minimum absolute atomic E-state index is 0. The molecule has 3 aromatic heterocycles. The number of halogens is 4. The van der Waals surface area contributed by atoms with Crippen LogP contribution in [0.5, 0.6) is 0 Å². The number of aromatic nitrogens is 4. The molecule has 0 amide bonds. The zero-order chi connectivity index (χ0) is 35.3. The maximum atomic E-state index is 5.48. The predicted octanol–water partition coefficient (Wildman–Crippen LogP) is 14.1. The van der Waals surface area contributed by atoms with Gasteiger partial charge in [-0.2, -0.15) is 0 Å². The topological polar surface area (TPSA) is 57.4 Å². The van der Waals surface area contributed by atoms with E-state index in [1.54, 1.807) is 0 Å². The number of hydrogen-bond donors (Lipinski definition) is 2. The number of fused-ring (bicyclic) bond motifs is 8. The largest absolute Gasteiger partial charge is 0.355 e. The first-order valence-electron chi connectivity index (χ1n) is 16.6. The van der Waals surface area contributed by atoms with Crippen LogP contribution in [0, 0.1) is 0 Å². The molecule has 4 aromatic carbocycles. The van der Waals surface area contributed by atoms with Crippen LogP contribution in [0.1, 0.15) is 28.3 Å². The minimum Gasteiger partial charge on any atom is -0.355 e. The first kappa shape index (κ1) is 35.9. The number of aromatic amines is 2. The fourth-order valence-electron chi connectivity index (χ4n) is 6.94. The van der Waals surface area contributed by atoms with Gasteiger partial charge in [-0.15, -0.1) is 0 Å². The molecule has 53 heavy (non-hydrogen) atoms. The van der Waals surface area contributed by atoms with Crippen molar-refractivity contribution in [1.29, 1.82) is 0 Å². The van der Waals surface area contributed by atoms with E-state index >= 15 is 0 Å². The van der Waals surface area contributed by atoms with Gasteiger partial charge in [0.05, 0.1) is 28.3 Å². The molecule has 258 valence electrons. The number of nitrogens with one attached hydrogen (secondary N) is 2. The Morgan fingerprint density at radius 1 is 0.434 bits per heavy atom. The third kappa shape index (κ3) is 6.80. The fraction of sp³-hybridized carbons (Fsp3) is 0. The van der Waals surface area contributed by atoms with E-state index in [9.17, 15) is 0 Å². The van der Waals surface area contributed by atoms with E-state index in [0.29, 0.717) is 0 Å². The second-order valence-corrected chi connectivity index (χ2v) is 15.9. The van der Waals surface area contributed by atoms with Crippen molar-refractivity contribution in [1.82, 2.24) is 19.9 Å². The molecular formula is C44H26Br4FeN4. The third-order valence-corrected chi connectivity index (χ3v) is 12.0. The number of rotatable bonds is 4. The van der Waals surface area contributed by atoms with Crippen molar-refractivity contribution in [3.05, 3.63) is 174 Å². The van der Waals surface area contributed by atoms with Crippen molar-refractivity contribution >= 4 is 110 Å². The molecule has 8 bridgehead atoms. The smallest absolute Gasteiger partial charge is 0.0816 e. The summed E-state index contributed by atoms with van der Waals surface area (Å²) in [5.41, 5.74) is 15.4. The van der Waals surface area contributed by atoms with E-state index < -0.39 is 0 Å². The van der Waals surface area contributed by atoms with Crippen molar-refractivity contribution in [3.8, 4) is 33.4 Å². The van der Waals surface area contributed by atoms with Gasteiger partial charge in [0.25, 0.3) is 0 Å². The van der Waals surface area contributed by atoms with Crippen molar-refractivity contribution < 1.29 is 17.1 Å². The van der Waals surface area contributed by atoms with Crippen molar-refractivity contribution in [2.24, 2.45) is 0 Å². The molecule has 0 atom stereocenters. The molecule has 0 saturated heterocycles. The van der Waals surface area contributed by atoms with Gasteiger partial charge in [-0.25, -0.2) is 9.97 Å². The van der Waals surface area contributed by atoms with Gasteiger partial charge >= 0.3 is 0 Å². The summed E-state index contributed by atoms with van der Waals surface area (Å²) in [4.78, 5) is 18.0. The van der Waals surface area contributed by atoms with Gasteiger partial charge in [0.15, 0.2) is 0 Å². The summed E-state index contributed by atoms with van der Waals surface area (Å²) in [5, 5.41) is 0. The Labute approximate surface area is 350 Å². The van der Waals surface area contributed by atoms with Gasteiger partial charge in [-0.3, -0.25) is 0 Å². The molecule has 4 nitrogen and oxygen atoms in total. The van der Waals surface area contributed by atoms with Crippen LogP contribution >= 0.6 is 63.7 Å². The molecule has 0 fully saturated rings. The summed E-state index contributed by atoms with van der Waals surface area (Å²) < 4.78 is 3.91. The average molecular weight is 986 g/mol. The predicted molar refractivity (Wildman–Crippen MR) is 230 cm³/mol. The third-order valence-electron chi connectivity index (χ3n) is 9.21. The summed E-state index contributed by atoms with van der Waals surface area (Å²) in [7, 11) is 0. The van der Waals surface area contributed by atoms with Gasteiger partial charge in [0.2, 0.25) is 0 Å². The van der Waals surface area contributed by atoms with Crippen molar-refractivity contribution in [2.75, 3.05) is 0 Å². The molecule has 2 aliphatic heterocycles. The van der Waals surface area contributed by atoms with Crippen LogP contribution in [0.2, 0.25) is 0 Å². The maximum Gasteiger partial charge on any atom is 0.0816 e. The Morgan fingerprint density at radius 2 is 0.906 bits per heavy atom. The van der Waals surface area contributed by atoms with Crippen LogP contribution in [0.25, 0.3) is 79.2 Å². The summed E-state index contributed by atoms with van der Waals surface area (Å²) >= 11 is 15.7. The Morgan fingerprint density at radius 3 is 1.47 bits per heavy atom. The summed E-state index contributed by atoms with van der Waals surface area (Å²) in [6, 6.07) is 44.0. The van der Waals surface area contributed by atoms with E-state index in [4.69, 9.17) is 9.97 Å². The second kappa shape index (κ2) is 15.0. The Kier molecular flexibility index (Phi) is 10.2. The van der Waals surface area contributed by atoms with Gasteiger partial charge in [0, 0.05) is 79.3 Å². The fourth-order valence-corrected chi connectivity index (χ4v) is 8.89. The Hall–Kier alpha value is -4.08. The molecule has 2 N–H and O–H groups in total. The molecule has 2 aliphatic rings. The van der Waals surface area contributed by atoms with Gasteiger partial charge in [-0.05, 0) is 89.5 Å². The molecule has 7 aromatic rings. The summed E-state index contributed by atoms with van der Waals surface area (Å²) in [6.45, 7) is 0. The molecule has 0 spiro atoms. The maximum absolute atomic E-state index is 5.48. The molecular weight excluding hydrogens is 960 g/mol. The Bertz CT molecular complexity index is 2820. The summed E-state index contributed by atoms with van der Waals surface area (Å²) in [6.07, 6.45) is 6.30. The summed E-state index contributed by atoms with van der Waals surface area (Å²) in [5.74, 6) is 0. The standard InChI is InChI=1S/C44H26Br4N4.Fe/c45-35-13-5-1-9-30(35)34-23-29-22-27-18-17-25(49-27)21-26-19-20-28(50-26)24-39-40(31-10-2-6-14-36(31)46)41(32-11-3-7-15-37(32)47)44(52-39)42(43(34)51-29)33-12-4-8-16-38(33)48;/h1-24,49,52H;. The van der Waals surface area contributed by atoms with E-state index in [1.807, 2.05) is 18.2 Å². The average Bonchev–Trinajstić information content (AvgIpc) is 3.95. The minimum atomic E-state index is 0. The van der Waals surface area contributed by atoms with E-state index in [0.717, 1.165) is 107 Å². The number of hydrogen-bond acceptors (Lipinski definition) is 2. The van der Waals surface area contributed by atoms with E-state index in [2.05, 4.69) is 201 Å². The van der Waals surface area contributed by atoms with Crippen LogP contribution in [-0.4, -0.2) is 19.9 Å². The van der Waals surface area contributed by atoms with Crippen molar-refractivity contribution in [3.63, 3.8) is 0 Å². The molecule has 0 radical (unpaired) electrons. The van der Waals surface area contributed by atoms with E-state index in [1.165, 1.54) is 0 Å². The van der Waals surface area contributed by atoms with Crippen molar-refractivity contribution in [2.45, 2.75) is 0 Å². The quantitative estimate of drug-likeness (QED) is 0.173. The van der Waals surface area contributed by atoms with Crippen LogP contribution < -0.4 is 0 Å². The SMILES string of the molecule is Brc1ccccc1C1=Cc2cc3ccc(cc4nc(cc5[nH]c(c(-c6ccccc6Br)c1n2)c(-c1ccccc1Br)c5-c1ccccc1Br)C=C4)[nH]3.[Fe]. The first-order chi connectivity index (χ1) is 25.4. The number of H-pyrrole nitrogens is 2. The first-order valence-corrected chi connectivity index (χ1v) is 19.8. The molecule has 0 aliphatic carbocycles. The number of nitrogens with zero attached hydrogens (tertiary/aromatic N) is 2. The molecule has 9 rings (SSSR count). The van der Waals surface area contributed by atoms with Gasteiger partial charge in [-0.1, -0.05) is 137 Å². The molecule has 5 heterocycles. The Balaban J connectivity index is 0.00000400. The van der Waals surface area contributed by atoms with Crippen LogP contribution in [0.4, 0.5) is 0 Å². The molecule has 0 saturated carbocycles. The van der Waals surface area contributed by atoms with Crippen LogP contribution in [0.15, 0.2) is 145 Å². The number of benzene rings is 4. The second-order valence-electron chi connectivity index (χ2n) is 12.5. The molecule has 9 heteroatoms.